The van der Waals surface area contributed by atoms with Gasteiger partial charge in [0.05, 0.1) is 37.1 Å². The second kappa shape index (κ2) is 9.18. The highest BCUT2D eigenvalue weighted by atomic mass is 35.5. The number of amides is 2. The molecular weight excluding hydrogens is 436 g/mol. The van der Waals surface area contributed by atoms with Crippen LogP contribution in [0.15, 0.2) is 36.4 Å². The number of halogens is 1. The van der Waals surface area contributed by atoms with Crippen LogP contribution in [0.2, 0.25) is 5.02 Å². The number of hydrogen-bond donors (Lipinski definition) is 1. The van der Waals surface area contributed by atoms with Gasteiger partial charge in [-0.2, -0.15) is 0 Å². The molecule has 3 rings (SSSR count). The number of carbonyl (C=O) groups excluding carboxylic acids is 3. The zero-order valence-corrected chi connectivity index (χ0v) is 19.1. The Bertz CT molecular complexity index is 1060. The first-order chi connectivity index (χ1) is 15.0. The topological polar surface area (TPSA) is 108 Å². The maximum atomic E-state index is 13.5. The predicted octanol–water partition coefficient (Wildman–Crippen LogP) is 3.74. The molecule has 9 heteroatoms. The van der Waals surface area contributed by atoms with Crippen molar-refractivity contribution in [2.45, 2.75) is 45.5 Å². The minimum Gasteiger partial charge on any atom is -0.495 e. The molecule has 2 aromatic carbocycles. The van der Waals surface area contributed by atoms with Gasteiger partial charge in [0.25, 0.3) is 5.91 Å². The quantitative estimate of drug-likeness (QED) is 0.681. The average Bonchev–Trinajstić information content (AvgIpc) is 2.82. The second-order valence-electron chi connectivity index (χ2n) is 8.31. The molecule has 170 valence electrons. The maximum absolute atomic E-state index is 13.5. The van der Waals surface area contributed by atoms with Gasteiger partial charge in [0, 0.05) is 10.6 Å². The highest BCUT2D eigenvalue weighted by molar-refractivity contribution is 6.30. The first kappa shape index (κ1) is 23.6. The van der Waals surface area contributed by atoms with Crippen LogP contribution in [-0.4, -0.2) is 36.6 Å². The SMILES string of the molecule is COc1ccc(C(=O)OC(C)(C)C)cc1N1C(=O)C(CC(N)=O)OCc2cc(Cl)ccc21. The highest BCUT2D eigenvalue weighted by Gasteiger charge is 2.35. The second-order valence-corrected chi connectivity index (χ2v) is 8.74. The monoisotopic (exact) mass is 460 g/mol. The smallest absolute Gasteiger partial charge is 0.338 e. The standard InChI is InChI=1S/C23H25ClN2O6/c1-23(2,3)32-22(29)13-5-8-18(30-4)17(10-13)26-16-7-6-15(24)9-14(16)12-31-19(21(26)28)11-20(25)27/h5-10,19H,11-12H2,1-4H3,(H2,25,27). The molecule has 0 radical (unpaired) electrons. The number of rotatable bonds is 5. The minimum absolute atomic E-state index is 0.0458. The molecule has 0 fully saturated rings. The summed E-state index contributed by atoms with van der Waals surface area (Å²) in [6, 6.07) is 9.62. The van der Waals surface area contributed by atoms with E-state index in [1.165, 1.54) is 18.1 Å². The van der Waals surface area contributed by atoms with E-state index in [4.69, 9.17) is 31.5 Å². The van der Waals surface area contributed by atoms with Crippen LogP contribution in [0, 0.1) is 0 Å². The molecule has 1 unspecified atom stereocenters. The van der Waals surface area contributed by atoms with Crippen LogP contribution in [0.3, 0.4) is 0 Å². The van der Waals surface area contributed by atoms with E-state index < -0.39 is 29.5 Å². The lowest BCUT2D eigenvalue weighted by Crippen LogP contribution is -2.38. The van der Waals surface area contributed by atoms with Gasteiger partial charge in [-0.05, 0) is 57.2 Å². The minimum atomic E-state index is -1.12. The van der Waals surface area contributed by atoms with Crippen LogP contribution in [0.25, 0.3) is 0 Å². The number of anilines is 2. The summed E-state index contributed by atoms with van der Waals surface area (Å²) >= 11 is 6.15. The fourth-order valence-electron chi connectivity index (χ4n) is 3.32. The van der Waals surface area contributed by atoms with Crippen LogP contribution in [0.4, 0.5) is 11.4 Å². The average molecular weight is 461 g/mol. The summed E-state index contributed by atoms with van der Waals surface area (Å²) < 4.78 is 16.6. The Labute approximate surface area is 191 Å². The molecule has 0 aliphatic carbocycles. The summed E-state index contributed by atoms with van der Waals surface area (Å²) in [6.07, 6.45) is -1.42. The fourth-order valence-corrected chi connectivity index (χ4v) is 3.51. The highest BCUT2D eigenvalue weighted by Crippen LogP contribution is 2.40. The van der Waals surface area contributed by atoms with E-state index in [9.17, 15) is 14.4 Å². The van der Waals surface area contributed by atoms with Crippen LogP contribution >= 0.6 is 11.6 Å². The van der Waals surface area contributed by atoms with Gasteiger partial charge in [-0.25, -0.2) is 4.79 Å². The number of nitrogens with zero attached hydrogens (tertiary/aromatic N) is 1. The van der Waals surface area contributed by atoms with E-state index in [0.29, 0.717) is 27.7 Å². The molecule has 1 aliphatic rings. The molecular formula is C23H25ClN2O6. The molecule has 2 amide bonds. The van der Waals surface area contributed by atoms with Gasteiger partial charge in [0.2, 0.25) is 5.91 Å². The van der Waals surface area contributed by atoms with Gasteiger partial charge in [-0.1, -0.05) is 11.6 Å². The predicted molar refractivity (Wildman–Crippen MR) is 119 cm³/mol. The molecule has 1 heterocycles. The first-order valence-electron chi connectivity index (χ1n) is 9.94. The van der Waals surface area contributed by atoms with Crippen molar-refractivity contribution in [2.75, 3.05) is 12.0 Å². The van der Waals surface area contributed by atoms with E-state index in [2.05, 4.69) is 0 Å². The lowest BCUT2D eigenvalue weighted by Gasteiger charge is -2.27. The van der Waals surface area contributed by atoms with Crippen LogP contribution in [0.1, 0.15) is 43.1 Å². The number of hydrogen-bond acceptors (Lipinski definition) is 6. The first-order valence-corrected chi connectivity index (χ1v) is 10.3. The van der Waals surface area contributed by atoms with Crippen molar-refractivity contribution in [3.63, 3.8) is 0 Å². The summed E-state index contributed by atoms with van der Waals surface area (Å²) in [7, 11) is 1.45. The lowest BCUT2D eigenvalue weighted by molar-refractivity contribution is -0.134. The summed E-state index contributed by atoms with van der Waals surface area (Å²) in [4.78, 5) is 39.1. The Balaban J connectivity index is 2.17. The van der Waals surface area contributed by atoms with Crippen molar-refractivity contribution >= 4 is 40.8 Å². The summed E-state index contributed by atoms with van der Waals surface area (Å²) in [5.41, 5.74) is 6.28. The lowest BCUT2D eigenvalue weighted by atomic mass is 10.1. The Kier molecular flexibility index (Phi) is 6.76. The molecule has 0 saturated heterocycles. The van der Waals surface area contributed by atoms with Gasteiger partial charge >= 0.3 is 5.97 Å². The van der Waals surface area contributed by atoms with Crippen molar-refractivity contribution in [2.24, 2.45) is 5.73 Å². The summed E-state index contributed by atoms with van der Waals surface area (Å²) in [5, 5.41) is 0.461. The van der Waals surface area contributed by atoms with Gasteiger partial charge in [0.1, 0.15) is 17.5 Å². The molecule has 0 bridgehead atoms. The normalized spacial score (nSPS) is 16.2. The Morgan fingerprint density at radius 3 is 2.53 bits per heavy atom. The zero-order valence-electron chi connectivity index (χ0n) is 18.3. The molecule has 0 aromatic heterocycles. The Hall–Kier alpha value is -3.10. The van der Waals surface area contributed by atoms with Crippen LogP contribution in [0.5, 0.6) is 5.75 Å². The van der Waals surface area contributed by atoms with Crippen LogP contribution in [-0.2, 0) is 25.7 Å². The number of nitrogens with two attached hydrogens (primary N) is 1. The van der Waals surface area contributed by atoms with E-state index in [1.54, 1.807) is 51.1 Å². The molecule has 32 heavy (non-hydrogen) atoms. The third kappa shape index (κ3) is 5.20. The molecule has 1 aliphatic heterocycles. The Morgan fingerprint density at radius 1 is 1.19 bits per heavy atom. The van der Waals surface area contributed by atoms with E-state index >= 15 is 0 Å². The van der Waals surface area contributed by atoms with Gasteiger partial charge in [0.15, 0.2) is 0 Å². The number of fused-ring (bicyclic) bond motifs is 1. The summed E-state index contributed by atoms with van der Waals surface area (Å²) in [5.74, 6) is -1.41. The maximum Gasteiger partial charge on any atom is 0.338 e. The molecule has 2 N–H and O–H groups in total. The molecule has 8 nitrogen and oxygen atoms in total. The fraction of sp³-hybridized carbons (Fsp3) is 0.348. The van der Waals surface area contributed by atoms with Crippen molar-refractivity contribution in [3.05, 3.63) is 52.5 Å². The zero-order chi connectivity index (χ0) is 23.6. The van der Waals surface area contributed by atoms with Crippen molar-refractivity contribution in [1.29, 1.82) is 0 Å². The van der Waals surface area contributed by atoms with E-state index in [1.807, 2.05) is 0 Å². The number of ether oxygens (including phenoxy) is 3. The summed E-state index contributed by atoms with van der Waals surface area (Å²) in [6.45, 7) is 5.34. The number of primary amides is 1. The molecule has 0 saturated carbocycles. The Morgan fingerprint density at radius 2 is 1.91 bits per heavy atom. The van der Waals surface area contributed by atoms with E-state index in [-0.39, 0.29) is 18.6 Å². The van der Waals surface area contributed by atoms with Gasteiger partial charge in [-0.15, -0.1) is 0 Å². The van der Waals surface area contributed by atoms with Crippen LogP contribution < -0.4 is 15.4 Å². The number of benzene rings is 2. The molecule has 0 spiro atoms. The number of methoxy groups -OCH3 is 1. The van der Waals surface area contributed by atoms with Crippen molar-refractivity contribution < 1.29 is 28.6 Å². The van der Waals surface area contributed by atoms with Gasteiger partial charge in [-0.3, -0.25) is 14.5 Å². The number of esters is 1. The van der Waals surface area contributed by atoms with Crippen molar-refractivity contribution in [1.82, 2.24) is 0 Å². The third-order valence-corrected chi connectivity index (χ3v) is 4.89. The largest absolute Gasteiger partial charge is 0.495 e. The van der Waals surface area contributed by atoms with Crippen molar-refractivity contribution in [3.8, 4) is 5.75 Å². The molecule has 2 aromatic rings. The third-order valence-electron chi connectivity index (χ3n) is 4.66. The molecule has 1 atom stereocenters. The van der Waals surface area contributed by atoms with E-state index in [0.717, 1.165) is 0 Å². The van der Waals surface area contributed by atoms with Gasteiger partial charge < -0.3 is 19.9 Å². The number of carbonyl (C=O) groups is 3.